The summed E-state index contributed by atoms with van der Waals surface area (Å²) in [6, 6.07) is 5.54. The van der Waals surface area contributed by atoms with Gasteiger partial charge in [0.05, 0.1) is 11.1 Å². The molecule has 21 heavy (non-hydrogen) atoms. The first-order valence-electron chi connectivity index (χ1n) is 6.80. The number of rotatable bonds is 3. The molecule has 0 amide bonds. The van der Waals surface area contributed by atoms with E-state index in [0.29, 0.717) is 23.9 Å². The highest BCUT2D eigenvalue weighted by Gasteiger charge is 2.31. The number of aromatic nitrogens is 1. The molecule has 114 valence electrons. The number of hydrogen-bond donors (Lipinski definition) is 1. The van der Waals surface area contributed by atoms with Gasteiger partial charge in [0.2, 0.25) is 0 Å². The molecule has 0 aliphatic rings. The van der Waals surface area contributed by atoms with Crippen LogP contribution in [0.5, 0.6) is 0 Å². The van der Waals surface area contributed by atoms with Crippen molar-refractivity contribution in [3.05, 3.63) is 41.1 Å². The SMILES string of the molecule is Cc1cc(CC(C)(C)CN)c2cc(C(F)(F)F)ccc2n1. The van der Waals surface area contributed by atoms with Crippen LogP contribution >= 0.6 is 0 Å². The van der Waals surface area contributed by atoms with Crippen LogP contribution in [0.25, 0.3) is 10.9 Å². The lowest BCUT2D eigenvalue weighted by Crippen LogP contribution is -2.26. The molecule has 0 atom stereocenters. The quantitative estimate of drug-likeness (QED) is 0.926. The number of nitrogens with zero attached hydrogens (tertiary/aromatic N) is 1. The molecule has 0 radical (unpaired) electrons. The van der Waals surface area contributed by atoms with Crippen molar-refractivity contribution in [2.75, 3.05) is 6.54 Å². The molecular weight excluding hydrogens is 277 g/mol. The molecule has 0 spiro atoms. The number of benzene rings is 1. The zero-order valence-corrected chi connectivity index (χ0v) is 12.4. The fourth-order valence-corrected chi connectivity index (χ4v) is 2.35. The van der Waals surface area contributed by atoms with E-state index in [9.17, 15) is 13.2 Å². The number of halogens is 3. The summed E-state index contributed by atoms with van der Waals surface area (Å²) < 4.78 is 38.7. The van der Waals surface area contributed by atoms with Gasteiger partial charge in [0, 0.05) is 11.1 Å². The third-order valence-corrected chi connectivity index (χ3v) is 3.57. The molecule has 0 bridgehead atoms. The minimum Gasteiger partial charge on any atom is -0.330 e. The Morgan fingerprint density at radius 1 is 1.14 bits per heavy atom. The molecule has 2 nitrogen and oxygen atoms in total. The molecule has 5 heteroatoms. The van der Waals surface area contributed by atoms with Crippen LogP contribution in [0.4, 0.5) is 13.2 Å². The van der Waals surface area contributed by atoms with Gasteiger partial charge in [0.15, 0.2) is 0 Å². The van der Waals surface area contributed by atoms with E-state index in [1.165, 1.54) is 12.1 Å². The summed E-state index contributed by atoms with van der Waals surface area (Å²) >= 11 is 0. The first-order valence-corrected chi connectivity index (χ1v) is 6.80. The number of aryl methyl sites for hydroxylation is 1. The van der Waals surface area contributed by atoms with E-state index in [-0.39, 0.29) is 5.41 Å². The second kappa shape index (κ2) is 5.30. The van der Waals surface area contributed by atoms with Crippen molar-refractivity contribution in [3.8, 4) is 0 Å². The number of nitrogens with two attached hydrogens (primary N) is 1. The lowest BCUT2D eigenvalue weighted by molar-refractivity contribution is -0.137. The van der Waals surface area contributed by atoms with Gasteiger partial charge >= 0.3 is 6.18 Å². The summed E-state index contributed by atoms with van der Waals surface area (Å²) in [4.78, 5) is 4.32. The van der Waals surface area contributed by atoms with Crippen LogP contribution in [-0.4, -0.2) is 11.5 Å². The fraction of sp³-hybridized carbons (Fsp3) is 0.438. The van der Waals surface area contributed by atoms with Crippen LogP contribution in [0.15, 0.2) is 24.3 Å². The maximum atomic E-state index is 12.9. The van der Waals surface area contributed by atoms with Crippen molar-refractivity contribution >= 4 is 10.9 Å². The molecule has 1 heterocycles. The molecule has 0 saturated carbocycles. The predicted molar refractivity (Wildman–Crippen MR) is 78.0 cm³/mol. The fourth-order valence-electron chi connectivity index (χ4n) is 2.35. The van der Waals surface area contributed by atoms with Crippen LogP contribution in [0.2, 0.25) is 0 Å². The number of hydrogen-bond acceptors (Lipinski definition) is 2. The van der Waals surface area contributed by atoms with Crippen LogP contribution in [0.1, 0.15) is 30.7 Å². The summed E-state index contributed by atoms with van der Waals surface area (Å²) in [5.74, 6) is 0. The topological polar surface area (TPSA) is 38.9 Å². The zero-order valence-electron chi connectivity index (χ0n) is 12.4. The van der Waals surface area contributed by atoms with Crippen LogP contribution in [0, 0.1) is 12.3 Å². The smallest absolute Gasteiger partial charge is 0.330 e. The standard InChI is InChI=1S/C16H19F3N2/c1-10-6-11(8-15(2,3)9-20)13-7-12(16(17,18)19)4-5-14(13)21-10/h4-7H,8-9,20H2,1-3H3. The van der Waals surface area contributed by atoms with Gasteiger partial charge in [-0.25, -0.2) is 0 Å². The second-order valence-electron chi connectivity index (χ2n) is 6.20. The highest BCUT2D eigenvalue weighted by molar-refractivity contribution is 5.83. The van der Waals surface area contributed by atoms with Crippen molar-refractivity contribution in [1.82, 2.24) is 4.98 Å². The Bertz CT molecular complexity index is 660. The second-order valence-corrected chi connectivity index (χ2v) is 6.20. The van der Waals surface area contributed by atoms with Gasteiger partial charge in [-0.1, -0.05) is 13.8 Å². The number of alkyl halides is 3. The molecule has 0 fully saturated rings. The van der Waals surface area contributed by atoms with Crippen molar-refractivity contribution < 1.29 is 13.2 Å². The molecule has 0 saturated heterocycles. The van der Waals surface area contributed by atoms with E-state index in [0.717, 1.165) is 17.3 Å². The highest BCUT2D eigenvalue weighted by Crippen LogP contribution is 2.33. The molecule has 2 N–H and O–H groups in total. The Labute approximate surface area is 122 Å². The highest BCUT2D eigenvalue weighted by atomic mass is 19.4. The van der Waals surface area contributed by atoms with E-state index < -0.39 is 11.7 Å². The normalized spacial score (nSPS) is 12.9. The largest absolute Gasteiger partial charge is 0.416 e. The van der Waals surface area contributed by atoms with Crippen molar-refractivity contribution in [2.45, 2.75) is 33.4 Å². The summed E-state index contributed by atoms with van der Waals surface area (Å²) in [6.45, 7) is 6.31. The van der Waals surface area contributed by atoms with Gasteiger partial charge in [0.25, 0.3) is 0 Å². The maximum Gasteiger partial charge on any atom is 0.416 e. The lowest BCUT2D eigenvalue weighted by atomic mass is 9.84. The minimum absolute atomic E-state index is 0.172. The third-order valence-electron chi connectivity index (χ3n) is 3.57. The van der Waals surface area contributed by atoms with Gasteiger partial charge in [-0.3, -0.25) is 4.98 Å². The Balaban J connectivity index is 2.62. The van der Waals surface area contributed by atoms with Crippen molar-refractivity contribution in [3.63, 3.8) is 0 Å². The van der Waals surface area contributed by atoms with E-state index in [1.54, 1.807) is 0 Å². The van der Waals surface area contributed by atoms with E-state index in [2.05, 4.69) is 4.98 Å². The first-order chi connectivity index (χ1) is 9.62. The van der Waals surface area contributed by atoms with Crippen molar-refractivity contribution in [1.29, 1.82) is 0 Å². The molecule has 0 aliphatic carbocycles. The van der Waals surface area contributed by atoms with Crippen LogP contribution in [-0.2, 0) is 12.6 Å². The molecular formula is C16H19F3N2. The summed E-state index contributed by atoms with van der Waals surface area (Å²) in [6.07, 6.45) is -3.73. The molecule has 2 aromatic rings. The van der Waals surface area contributed by atoms with Gasteiger partial charge in [-0.15, -0.1) is 0 Å². The molecule has 1 aromatic heterocycles. The zero-order chi connectivity index (χ0) is 15.8. The minimum atomic E-state index is -4.35. The summed E-state index contributed by atoms with van der Waals surface area (Å²) in [7, 11) is 0. The van der Waals surface area contributed by atoms with Crippen LogP contribution in [0.3, 0.4) is 0 Å². The summed E-state index contributed by atoms with van der Waals surface area (Å²) in [5.41, 5.74) is 7.17. The molecule has 0 aliphatic heterocycles. The summed E-state index contributed by atoms with van der Waals surface area (Å²) in [5, 5.41) is 0.553. The average molecular weight is 296 g/mol. The first kappa shape index (κ1) is 15.8. The third kappa shape index (κ3) is 3.53. The van der Waals surface area contributed by atoms with Crippen molar-refractivity contribution in [2.24, 2.45) is 11.1 Å². The van der Waals surface area contributed by atoms with Gasteiger partial charge in [0.1, 0.15) is 0 Å². The monoisotopic (exact) mass is 296 g/mol. The molecule has 2 rings (SSSR count). The Morgan fingerprint density at radius 2 is 1.81 bits per heavy atom. The maximum absolute atomic E-state index is 12.9. The van der Waals surface area contributed by atoms with E-state index >= 15 is 0 Å². The Kier molecular flexibility index (Phi) is 3.97. The van der Waals surface area contributed by atoms with E-state index in [1.807, 2.05) is 26.8 Å². The average Bonchev–Trinajstić information content (AvgIpc) is 2.36. The van der Waals surface area contributed by atoms with Gasteiger partial charge < -0.3 is 5.73 Å². The van der Waals surface area contributed by atoms with Gasteiger partial charge in [-0.05, 0) is 55.1 Å². The van der Waals surface area contributed by atoms with Gasteiger partial charge in [-0.2, -0.15) is 13.2 Å². The Morgan fingerprint density at radius 3 is 2.38 bits per heavy atom. The number of pyridine rings is 1. The number of fused-ring (bicyclic) bond motifs is 1. The van der Waals surface area contributed by atoms with Crippen LogP contribution < -0.4 is 5.73 Å². The molecule has 1 aromatic carbocycles. The lowest BCUT2D eigenvalue weighted by Gasteiger charge is -2.23. The predicted octanol–water partition coefficient (Wildman–Crippen LogP) is 4.09. The van der Waals surface area contributed by atoms with E-state index in [4.69, 9.17) is 5.73 Å². The Hall–Kier alpha value is -1.62. The molecule has 0 unspecified atom stereocenters.